The van der Waals surface area contributed by atoms with E-state index in [9.17, 15) is 14.0 Å². The first-order chi connectivity index (χ1) is 22.4. The number of ether oxygens (including phenoxy) is 3. The molecule has 5 aliphatic carbocycles. The summed E-state index contributed by atoms with van der Waals surface area (Å²) in [7, 11) is 0. The fourth-order valence-corrected chi connectivity index (χ4v) is 13.2. The molecular weight excluding hydrogens is 597 g/mol. The van der Waals surface area contributed by atoms with Crippen LogP contribution in [-0.4, -0.2) is 91.8 Å². The van der Waals surface area contributed by atoms with E-state index in [1.165, 1.54) is 44.9 Å². The predicted octanol–water partition coefficient (Wildman–Crippen LogP) is 6.81. The lowest BCUT2D eigenvalue weighted by atomic mass is 9.46. The molecule has 8 aliphatic rings. The van der Waals surface area contributed by atoms with Crippen molar-refractivity contribution in [1.82, 2.24) is 15.1 Å². The number of amides is 2. The van der Waals surface area contributed by atoms with Gasteiger partial charge in [0.25, 0.3) is 0 Å². The van der Waals surface area contributed by atoms with Gasteiger partial charge in [0, 0.05) is 44.7 Å². The SMILES string of the molecule is CC(C)[C@@H](OC(=O)N1CCC1)C1CCC2C(CC3C4CCC5C(C)(C)[C@@H](OC(=O)NCCN6CC(F)C6)CCC56C[C@@]46CC[C@]23C)O1. The Morgan fingerprint density at radius 3 is 2.43 bits per heavy atom. The number of rotatable bonds is 7. The van der Waals surface area contributed by atoms with Crippen molar-refractivity contribution in [2.45, 2.75) is 136 Å². The van der Waals surface area contributed by atoms with E-state index >= 15 is 0 Å². The van der Waals surface area contributed by atoms with Crippen molar-refractivity contribution >= 4 is 12.2 Å². The summed E-state index contributed by atoms with van der Waals surface area (Å²) >= 11 is 0. The van der Waals surface area contributed by atoms with E-state index in [0.717, 1.165) is 44.7 Å². The molecule has 11 atom stereocenters. The van der Waals surface area contributed by atoms with E-state index in [1.54, 1.807) is 0 Å². The predicted molar refractivity (Wildman–Crippen MR) is 176 cm³/mol. The number of hydrogen-bond donors (Lipinski definition) is 1. The van der Waals surface area contributed by atoms with E-state index in [-0.39, 0.29) is 47.9 Å². The summed E-state index contributed by atoms with van der Waals surface area (Å²) in [5.41, 5.74) is 1.11. The average molecular weight is 658 g/mol. The van der Waals surface area contributed by atoms with Crippen LogP contribution in [0.15, 0.2) is 0 Å². The Balaban J connectivity index is 0.916. The third-order valence-electron chi connectivity index (χ3n) is 15.8. The summed E-state index contributed by atoms with van der Waals surface area (Å²) in [6.45, 7) is 15.4. The Morgan fingerprint density at radius 2 is 1.72 bits per heavy atom. The Morgan fingerprint density at radius 1 is 0.957 bits per heavy atom. The van der Waals surface area contributed by atoms with Crippen molar-refractivity contribution < 1.29 is 28.2 Å². The molecule has 8 nitrogen and oxygen atoms in total. The van der Waals surface area contributed by atoms with Crippen LogP contribution >= 0.6 is 0 Å². The summed E-state index contributed by atoms with van der Waals surface area (Å²) < 4.78 is 32.4. The van der Waals surface area contributed by atoms with Crippen LogP contribution in [0.2, 0.25) is 0 Å². The van der Waals surface area contributed by atoms with Crippen LogP contribution in [0.3, 0.4) is 0 Å². The van der Waals surface area contributed by atoms with Crippen LogP contribution < -0.4 is 5.32 Å². The average Bonchev–Trinajstić information content (AvgIpc) is 3.55. The molecule has 0 aromatic rings. The number of nitrogens with one attached hydrogen (secondary N) is 1. The molecule has 9 heteroatoms. The number of halogens is 1. The second-order valence-corrected chi connectivity index (χ2v) is 18.4. The van der Waals surface area contributed by atoms with Gasteiger partial charge in [-0.05, 0) is 116 Å². The monoisotopic (exact) mass is 657 g/mol. The molecule has 8 rings (SSSR count). The van der Waals surface area contributed by atoms with E-state index in [0.29, 0.717) is 60.2 Å². The van der Waals surface area contributed by atoms with Crippen LogP contribution in [0, 0.1) is 51.2 Å². The molecule has 8 fully saturated rings. The molecule has 0 bridgehead atoms. The Labute approximate surface area is 281 Å². The van der Waals surface area contributed by atoms with Crippen molar-refractivity contribution in [1.29, 1.82) is 0 Å². The van der Waals surface area contributed by atoms with E-state index < -0.39 is 6.17 Å². The van der Waals surface area contributed by atoms with Gasteiger partial charge in [-0.1, -0.05) is 34.6 Å². The number of alkyl halides is 1. The van der Waals surface area contributed by atoms with Gasteiger partial charge in [0.2, 0.25) is 0 Å². The highest BCUT2D eigenvalue weighted by atomic mass is 19.1. The quantitative estimate of drug-likeness (QED) is 0.324. The maximum absolute atomic E-state index is 13.1. The summed E-state index contributed by atoms with van der Waals surface area (Å²) in [5.74, 6) is 2.88. The molecule has 2 amide bonds. The van der Waals surface area contributed by atoms with Crippen molar-refractivity contribution in [2.24, 2.45) is 51.2 Å². The van der Waals surface area contributed by atoms with Gasteiger partial charge in [-0.2, -0.15) is 0 Å². The Kier molecular flexibility index (Phi) is 7.95. The van der Waals surface area contributed by atoms with Crippen LogP contribution in [0.1, 0.15) is 105 Å². The second kappa shape index (κ2) is 11.5. The third-order valence-corrected chi connectivity index (χ3v) is 15.8. The fourth-order valence-electron chi connectivity index (χ4n) is 13.2. The minimum atomic E-state index is -0.718. The van der Waals surface area contributed by atoms with E-state index in [4.69, 9.17) is 14.2 Å². The lowest BCUT2D eigenvalue weighted by Gasteiger charge is -2.59. The molecule has 3 saturated heterocycles. The highest BCUT2D eigenvalue weighted by Gasteiger charge is 2.81. The maximum atomic E-state index is 13.1. The topological polar surface area (TPSA) is 80.3 Å². The molecule has 5 saturated carbocycles. The van der Waals surface area contributed by atoms with Crippen molar-refractivity contribution in [3.63, 3.8) is 0 Å². The van der Waals surface area contributed by atoms with Gasteiger partial charge < -0.3 is 24.4 Å². The summed E-state index contributed by atoms with van der Waals surface area (Å²) in [6.07, 6.45) is 11.9. The van der Waals surface area contributed by atoms with Gasteiger partial charge in [-0.3, -0.25) is 4.90 Å². The van der Waals surface area contributed by atoms with E-state index in [2.05, 4.69) is 39.9 Å². The largest absolute Gasteiger partial charge is 0.446 e. The molecule has 47 heavy (non-hydrogen) atoms. The first kappa shape index (κ1) is 32.6. The number of nitrogens with zero attached hydrogens (tertiary/aromatic N) is 2. The number of carbonyl (C=O) groups excluding carboxylic acids is 2. The minimum Gasteiger partial charge on any atom is -0.446 e. The summed E-state index contributed by atoms with van der Waals surface area (Å²) in [4.78, 5) is 29.5. The normalized spacial score (nSPS) is 45.6. The Hall–Kier alpha value is -1.61. The van der Waals surface area contributed by atoms with Gasteiger partial charge in [-0.15, -0.1) is 0 Å². The van der Waals surface area contributed by atoms with Crippen LogP contribution in [0.5, 0.6) is 0 Å². The molecule has 1 N–H and O–H groups in total. The molecule has 0 radical (unpaired) electrons. The molecule has 3 aliphatic heterocycles. The number of likely N-dealkylation sites (tertiary alicyclic amines) is 2. The van der Waals surface area contributed by atoms with Gasteiger partial charge in [0.1, 0.15) is 18.4 Å². The van der Waals surface area contributed by atoms with Gasteiger partial charge in [-0.25, -0.2) is 14.0 Å². The van der Waals surface area contributed by atoms with Gasteiger partial charge >= 0.3 is 12.2 Å². The van der Waals surface area contributed by atoms with Gasteiger partial charge in [0.05, 0.1) is 12.2 Å². The number of carbonyl (C=O) groups is 2. The molecule has 3 heterocycles. The lowest BCUT2D eigenvalue weighted by Crippen LogP contribution is -2.55. The number of fused-ring (bicyclic) bond motifs is 4. The minimum absolute atomic E-state index is 0.00585. The maximum Gasteiger partial charge on any atom is 0.410 e. The molecule has 0 aromatic heterocycles. The highest BCUT2D eigenvalue weighted by Crippen LogP contribution is 2.87. The van der Waals surface area contributed by atoms with Crippen molar-refractivity contribution in [3.05, 3.63) is 0 Å². The first-order valence-electron chi connectivity index (χ1n) is 19.3. The zero-order chi connectivity index (χ0) is 32.9. The fraction of sp³-hybridized carbons (Fsp3) is 0.947. The molecule has 0 aromatic carbocycles. The molecule has 2 spiro atoms. The van der Waals surface area contributed by atoms with Crippen molar-refractivity contribution in [3.8, 4) is 0 Å². The third kappa shape index (κ3) is 4.99. The van der Waals surface area contributed by atoms with Crippen molar-refractivity contribution in [2.75, 3.05) is 39.3 Å². The number of hydrogen-bond acceptors (Lipinski definition) is 6. The van der Waals surface area contributed by atoms with Gasteiger partial charge in [0.15, 0.2) is 0 Å². The Bertz CT molecular complexity index is 1240. The summed E-state index contributed by atoms with van der Waals surface area (Å²) in [5, 5.41) is 2.94. The highest BCUT2D eigenvalue weighted by molar-refractivity contribution is 5.68. The zero-order valence-corrected chi connectivity index (χ0v) is 29.6. The first-order valence-corrected chi connectivity index (χ1v) is 19.3. The molecular formula is C38H60FN3O5. The zero-order valence-electron chi connectivity index (χ0n) is 29.6. The van der Waals surface area contributed by atoms with Crippen LogP contribution in [0.4, 0.5) is 14.0 Å². The van der Waals surface area contributed by atoms with E-state index in [1.807, 2.05) is 9.80 Å². The standard InChI is InChI=1S/C38H60FN3O5/c1-23(2)32(47-34(44)42-16-6-17-42)28-9-7-26-29(45-28)19-27-25-8-10-30-35(3,4)31(46-33(43)40-15-18-41-20-24(39)21-41)11-12-38(30)22-37(25,38)14-13-36(26,27)5/h23-32H,6-22H2,1-5H3,(H,40,43)/t25?,26?,27?,28?,29?,30?,31-,32+,36+,37-,38?/m0/s1. The summed E-state index contributed by atoms with van der Waals surface area (Å²) in [6, 6.07) is 0. The smallest absolute Gasteiger partial charge is 0.410 e. The van der Waals surface area contributed by atoms with Crippen LogP contribution in [0.25, 0.3) is 0 Å². The number of alkyl carbamates (subject to hydrolysis) is 1. The van der Waals surface area contributed by atoms with Crippen LogP contribution in [-0.2, 0) is 14.2 Å². The molecule has 7 unspecified atom stereocenters. The second-order valence-electron chi connectivity index (χ2n) is 18.4. The molecule has 264 valence electrons. The lowest BCUT2D eigenvalue weighted by molar-refractivity contribution is -0.151.